The molecule has 0 aliphatic rings. The van der Waals surface area contributed by atoms with Gasteiger partial charge in [0.1, 0.15) is 0 Å². The van der Waals surface area contributed by atoms with E-state index in [-0.39, 0.29) is 5.92 Å². The highest BCUT2D eigenvalue weighted by atomic mass is 14.7. The van der Waals surface area contributed by atoms with Gasteiger partial charge in [-0.15, -0.1) is 0 Å². The largest absolute Gasteiger partial charge is 0.361 e. The summed E-state index contributed by atoms with van der Waals surface area (Å²) in [5.74, 6) is 0.239. The molecule has 0 aliphatic heterocycles. The smallest absolute Gasteiger partial charge is 0.0460 e. The van der Waals surface area contributed by atoms with Crippen molar-refractivity contribution in [3.05, 3.63) is 79.1 Å². The van der Waals surface area contributed by atoms with Crippen molar-refractivity contribution in [2.75, 3.05) is 0 Å². The molecule has 1 nitrogen and oxygen atoms in total. The minimum Gasteiger partial charge on any atom is -0.361 e. The van der Waals surface area contributed by atoms with E-state index in [1.54, 1.807) is 0 Å². The van der Waals surface area contributed by atoms with Crippen molar-refractivity contribution in [1.29, 1.82) is 0 Å². The number of H-pyrrole nitrogens is 1. The fourth-order valence-corrected chi connectivity index (χ4v) is 2.37. The van der Waals surface area contributed by atoms with Gasteiger partial charge in [0.05, 0.1) is 0 Å². The van der Waals surface area contributed by atoms with Crippen LogP contribution in [-0.4, -0.2) is 4.98 Å². The van der Waals surface area contributed by atoms with Gasteiger partial charge in [-0.25, -0.2) is 0 Å². The van der Waals surface area contributed by atoms with Crippen molar-refractivity contribution in [1.82, 2.24) is 4.98 Å². The van der Waals surface area contributed by atoms with Crippen molar-refractivity contribution in [3.8, 4) is 0 Å². The highest BCUT2D eigenvalue weighted by Gasteiger charge is 2.14. The second-order valence-corrected chi connectivity index (χ2v) is 4.89. The van der Waals surface area contributed by atoms with Gasteiger partial charge >= 0.3 is 0 Å². The van der Waals surface area contributed by atoms with Crippen LogP contribution in [0.15, 0.2) is 73.5 Å². The zero-order valence-electron chi connectivity index (χ0n) is 12.2. The molecule has 1 atom stereocenters. The Kier molecular flexibility index (Phi) is 4.41. The molecule has 0 amide bonds. The van der Waals surface area contributed by atoms with Gasteiger partial charge in [-0.2, -0.15) is 0 Å². The number of hydrogen-bond donors (Lipinski definition) is 1. The maximum atomic E-state index is 4.29. The van der Waals surface area contributed by atoms with Crippen LogP contribution in [0.1, 0.15) is 19.4 Å². The molecule has 0 saturated heterocycles. The molecule has 0 saturated carbocycles. The summed E-state index contributed by atoms with van der Waals surface area (Å²) in [5, 5.41) is 1.22. The third kappa shape index (κ3) is 2.67. The molecule has 102 valence electrons. The van der Waals surface area contributed by atoms with Gasteiger partial charge in [0.25, 0.3) is 0 Å². The number of nitrogens with one attached hydrogen (secondary N) is 1. The third-order valence-electron chi connectivity index (χ3n) is 3.67. The van der Waals surface area contributed by atoms with Gasteiger partial charge in [0, 0.05) is 28.6 Å². The molecule has 1 heterocycles. The van der Waals surface area contributed by atoms with E-state index in [0.29, 0.717) is 0 Å². The molecule has 1 aromatic heterocycles. The third-order valence-corrected chi connectivity index (χ3v) is 3.67. The van der Waals surface area contributed by atoms with E-state index in [0.717, 1.165) is 11.1 Å². The summed E-state index contributed by atoms with van der Waals surface area (Å²) >= 11 is 0. The molecule has 2 rings (SSSR count). The van der Waals surface area contributed by atoms with Gasteiger partial charge in [0.2, 0.25) is 0 Å². The van der Waals surface area contributed by atoms with Gasteiger partial charge in [-0.05, 0) is 24.1 Å². The van der Waals surface area contributed by atoms with Crippen molar-refractivity contribution < 1.29 is 0 Å². The van der Waals surface area contributed by atoms with Crippen LogP contribution in [-0.2, 0) is 0 Å². The zero-order valence-corrected chi connectivity index (χ0v) is 12.2. The average molecular weight is 263 g/mol. The number of para-hydroxylation sites is 1. The van der Waals surface area contributed by atoms with Crippen LogP contribution in [0.3, 0.4) is 0 Å². The zero-order chi connectivity index (χ0) is 14.5. The number of aromatic nitrogens is 1. The van der Waals surface area contributed by atoms with Gasteiger partial charge in [-0.1, -0.05) is 62.6 Å². The van der Waals surface area contributed by atoms with Gasteiger partial charge in [-0.3, -0.25) is 0 Å². The molecule has 2 aromatic rings. The molecule has 1 heteroatoms. The quantitative estimate of drug-likeness (QED) is 0.685. The van der Waals surface area contributed by atoms with E-state index in [4.69, 9.17) is 0 Å². The summed E-state index contributed by atoms with van der Waals surface area (Å²) in [6.07, 6.45) is 10.1. The standard InChI is InChI=1S/C19H21N/c1-5-7-10-16(6-2)14(3)15(4)18-13-20-19-12-9-8-11-17(18)19/h5-14,20H,2,4H2,1,3H3/b7-5-,16-10+. The second-order valence-electron chi connectivity index (χ2n) is 4.89. The lowest BCUT2D eigenvalue weighted by atomic mass is 9.88. The van der Waals surface area contributed by atoms with Crippen molar-refractivity contribution in [2.24, 2.45) is 5.92 Å². The van der Waals surface area contributed by atoms with E-state index in [1.807, 2.05) is 37.4 Å². The minimum absolute atomic E-state index is 0.239. The molecule has 20 heavy (non-hydrogen) atoms. The number of aromatic amines is 1. The molecular formula is C19H21N. The summed E-state index contributed by atoms with van der Waals surface area (Å²) in [7, 11) is 0. The van der Waals surface area contributed by atoms with Gasteiger partial charge in [0.15, 0.2) is 0 Å². The number of rotatable bonds is 5. The molecule has 0 radical (unpaired) electrons. The Morgan fingerprint density at radius 2 is 2.05 bits per heavy atom. The maximum Gasteiger partial charge on any atom is 0.0460 e. The first-order valence-electron chi connectivity index (χ1n) is 6.89. The summed E-state index contributed by atoms with van der Waals surface area (Å²) in [5.41, 5.74) is 4.62. The van der Waals surface area contributed by atoms with E-state index in [1.165, 1.54) is 16.5 Å². The molecule has 0 spiro atoms. The Morgan fingerprint density at radius 3 is 2.75 bits per heavy atom. The number of allylic oxidation sites excluding steroid dienone is 6. The highest BCUT2D eigenvalue weighted by Crippen LogP contribution is 2.32. The number of fused-ring (bicyclic) bond motifs is 1. The Bertz CT molecular complexity index is 683. The SMILES string of the molecule is C=C/C(=C\C=C/C)C(C)C(=C)c1c[nH]c2ccccc12. The fourth-order valence-electron chi connectivity index (χ4n) is 2.37. The Hall–Kier alpha value is -2.28. The van der Waals surface area contributed by atoms with E-state index in [9.17, 15) is 0 Å². The van der Waals surface area contributed by atoms with Crippen LogP contribution in [0, 0.1) is 5.92 Å². The maximum absolute atomic E-state index is 4.29. The molecule has 1 aromatic carbocycles. The summed E-state index contributed by atoms with van der Waals surface area (Å²) in [4.78, 5) is 3.30. The molecule has 0 aliphatic carbocycles. The first-order chi connectivity index (χ1) is 9.69. The number of hydrogen-bond acceptors (Lipinski definition) is 0. The molecule has 0 fully saturated rings. The second kappa shape index (κ2) is 6.25. The van der Waals surface area contributed by atoms with Crippen molar-refractivity contribution in [2.45, 2.75) is 13.8 Å². The fraction of sp³-hybridized carbons (Fsp3) is 0.158. The van der Waals surface area contributed by atoms with E-state index < -0.39 is 0 Å². The molecular weight excluding hydrogens is 242 g/mol. The van der Waals surface area contributed by atoms with Crippen molar-refractivity contribution >= 4 is 16.5 Å². The highest BCUT2D eigenvalue weighted by molar-refractivity contribution is 5.93. The van der Waals surface area contributed by atoms with Crippen LogP contribution in [0.4, 0.5) is 0 Å². The molecule has 1 unspecified atom stereocenters. The van der Waals surface area contributed by atoms with Crippen molar-refractivity contribution in [3.63, 3.8) is 0 Å². The lowest BCUT2D eigenvalue weighted by Crippen LogP contribution is -1.99. The monoisotopic (exact) mass is 263 g/mol. The van der Waals surface area contributed by atoms with E-state index >= 15 is 0 Å². The summed E-state index contributed by atoms with van der Waals surface area (Å²) in [6.45, 7) is 12.4. The molecule has 1 N–H and O–H groups in total. The predicted octanol–water partition coefficient (Wildman–Crippen LogP) is 5.51. The lowest BCUT2D eigenvalue weighted by molar-refractivity contribution is 0.919. The Labute approximate surface area is 121 Å². The predicted molar refractivity (Wildman–Crippen MR) is 89.6 cm³/mol. The minimum atomic E-state index is 0.239. The van der Waals surface area contributed by atoms with Crippen LogP contribution in [0.25, 0.3) is 16.5 Å². The Balaban J connectivity index is 2.37. The summed E-state index contributed by atoms with van der Waals surface area (Å²) in [6, 6.07) is 8.31. The van der Waals surface area contributed by atoms with E-state index in [2.05, 4.69) is 49.3 Å². The van der Waals surface area contributed by atoms with Crippen LogP contribution >= 0.6 is 0 Å². The topological polar surface area (TPSA) is 15.8 Å². The normalized spacial score (nSPS) is 13.8. The lowest BCUT2D eigenvalue weighted by Gasteiger charge is -2.15. The first kappa shape index (κ1) is 14.1. The first-order valence-corrected chi connectivity index (χ1v) is 6.89. The number of benzene rings is 1. The van der Waals surface area contributed by atoms with Crippen LogP contribution < -0.4 is 0 Å². The average Bonchev–Trinajstić information content (AvgIpc) is 2.91. The van der Waals surface area contributed by atoms with Crippen LogP contribution in [0.5, 0.6) is 0 Å². The van der Waals surface area contributed by atoms with Gasteiger partial charge < -0.3 is 4.98 Å². The Morgan fingerprint density at radius 1 is 1.30 bits per heavy atom. The molecule has 0 bridgehead atoms. The van der Waals surface area contributed by atoms with Crippen LogP contribution in [0.2, 0.25) is 0 Å². The summed E-state index contributed by atoms with van der Waals surface area (Å²) < 4.78 is 0.